The highest BCUT2D eigenvalue weighted by Crippen LogP contribution is 2.15. The zero-order chi connectivity index (χ0) is 13.1. The lowest BCUT2D eigenvalue weighted by Crippen LogP contribution is -2.14. The average molecular weight is 247 g/mol. The second-order valence-corrected chi connectivity index (χ2v) is 3.52. The molecule has 92 valence electrons. The minimum Gasteiger partial charge on any atom is -0.478 e. The highest BCUT2D eigenvalue weighted by atomic mass is 16.4. The van der Waals surface area contributed by atoms with Gasteiger partial charge in [-0.05, 0) is 35.9 Å². The Kier molecular flexibility index (Phi) is 3.00. The van der Waals surface area contributed by atoms with E-state index in [0.717, 1.165) is 0 Å². The first kappa shape index (κ1) is 11.7. The summed E-state index contributed by atoms with van der Waals surface area (Å²) in [6, 6.07) is 4.47. The monoisotopic (exact) mass is 247 g/mol. The van der Waals surface area contributed by atoms with Gasteiger partial charge in [-0.3, -0.25) is 4.79 Å². The third-order valence-corrected chi connectivity index (χ3v) is 2.26. The molecule has 8 nitrogen and oxygen atoms in total. The van der Waals surface area contributed by atoms with E-state index in [0.29, 0.717) is 11.3 Å². The Morgan fingerprint density at radius 2 is 2.17 bits per heavy atom. The van der Waals surface area contributed by atoms with Crippen LogP contribution >= 0.6 is 0 Å². The van der Waals surface area contributed by atoms with E-state index in [1.165, 1.54) is 12.1 Å². The molecule has 1 amide bonds. The number of carboxylic acids is 1. The molecule has 0 bridgehead atoms. The molecular weight excluding hydrogens is 238 g/mol. The maximum Gasteiger partial charge on any atom is 0.335 e. The topological polar surface area (TPSA) is 121 Å². The average Bonchev–Trinajstić information content (AvgIpc) is 2.81. The molecule has 0 fully saturated rings. The largest absolute Gasteiger partial charge is 0.478 e. The van der Waals surface area contributed by atoms with E-state index in [-0.39, 0.29) is 11.4 Å². The number of rotatable bonds is 3. The Morgan fingerprint density at radius 1 is 1.39 bits per heavy atom. The number of carbonyl (C=O) groups excluding carboxylic acids is 1. The molecule has 2 aromatic rings. The zero-order valence-electron chi connectivity index (χ0n) is 9.34. The van der Waals surface area contributed by atoms with Gasteiger partial charge >= 0.3 is 5.97 Å². The van der Waals surface area contributed by atoms with Crippen molar-refractivity contribution in [2.45, 2.75) is 6.92 Å². The fourth-order valence-electron chi connectivity index (χ4n) is 1.43. The van der Waals surface area contributed by atoms with Gasteiger partial charge in [-0.2, -0.15) is 5.21 Å². The van der Waals surface area contributed by atoms with Crippen molar-refractivity contribution in [1.29, 1.82) is 0 Å². The number of hydrogen-bond donors (Lipinski definition) is 3. The molecule has 1 heterocycles. The van der Waals surface area contributed by atoms with Crippen molar-refractivity contribution < 1.29 is 14.7 Å². The van der Waals surface area contributed by atoms with Crippen LogP contribution < -0.4 is 5.32 Å². The lowest BCUT2D eigenvalue weighted by molar-refractivity contribution is 0.0696. The third-order valence-electron chi connectivity index (χ3n) is 2.26. The van der Waals surface area contributed by atoms with Crippen molar-refractivity contribution in [2.24, 2.45) is 0 Å². The van der Waals surface area contributed by atoms with E-state index in [4.69, 9.17) is 5.11 Å². The molecule has 3 N–H and O–H groups in total. The van der Waals surface area contributed by atoms with Crippen molar-refractivity contribution in [2.75, 3.05) is 5.32 Å². The molecule has 0 aliphatic rings. The number of tetrazole rings is 1. The van der Waals surface area contributed by atoms with E-state index in [9.17, 15) is 9.59 Å². The summed E-state index contributed by atoms with van der Waals surface area (Å²) in [4.78, 5) is 22.4. The van der Waals surface area contributed by atoms with Gasteiger partial charge in [0.2, 0.25) is 0 Å². The van der Waals surface area contributed by atoms with Crippen molar-refractivity contribution in [1.82, 2.24) is 20.6 Å². The summed E-state index contributed by atoms with van der Waals surface area (Å²) in [6.45, 7) is 1.65. The van der Waals surface area contributed by atoms with Crippen LogP contribution in [-0.4, -0.2) is 37.6 Å². The quantitative estimate of drug-likeness (QED) is 0.724. The summed E-state index contributed by atoms with van der Waals surface area (Å²) < 4.78 is 0. The number of nitrogens with one attached hydrogen (secondary N) is 2. The van der Waals surface area contributed by atoms with Crippen LogP contribution in [0.3, 0.4) is 0 Å². The fraction of sp³-hybridized carbons (Fsp3) is 0.100. The first-order valence-corrected chi connectivity index (χ1v) is 4.96. The number of nitrogens with zero attached hydrogens (tertiary/aromatic N) is 3. The van der Waals surface area contributed by atoms with Gasteiger partial charge in [0.25, 0.3) is 11.7 Å². The summed E-state index contributed by atoms with van der Waals surface area (Å²) in [5, 5.41) is 23.9. The van der Waals surface area contributed by atoms with Crippen LogP contribution in [0.4, 0.5) is 5.69 Å². The van der Waals surface area contributed by atoms with Gasteiger partial charge < -0.3 is 10.4 Å². The molecule has 1 aromatic heterocycles. The summed E-state index contributed by atoms with van der Waals surface area (Å²) in [6.07, 6.45) is 0. The highest BCUT2D eigenvalue weighted by molar-refractivity contribution is 6.01. The second kappa shape index (κ2) is 4.62. The summed E-state index contributed by atoms with van der Waals surface area (Å²) >= 11 is 0. The predicted molar refractivity (Wildman–Crippen MR) is 60.3 cm³/mol. The first-order valence-electron chi connectivity index (χ1n) is 4.96. The lowest BCUT2D eigenvalue weighted by Gasteiger charge is -2.05. The summed E-state index contributed by atoms with van der Waals surface area (Å²) in [5.41, 5.74) is 1.20. The summed E-state index contributed by atoms with van der Waals surface area (Å²) in [7, 11) is 0. The normalized spacial score (nSPS) is 10.1. The van der Waals surface area contributed by atoms with E-state index in [1.807, 2.05) is 0 Å². The standard InChI is InChI=1S/C10H9N5O3/c1-5-4-6(2-3-7(5)10(17)18)11-9(16)8-12-14-15-13-8/h2-4H,1H3,(H,11,16)(H,17,18)(H,12,13,14,15). The van der Waals surface area contributed by atoms with E-state index in [1.54, 1.807) is 13.0 Å². The van der Waals surface area contributed by atoms with Gasteiger partial charge in [0, 0.05) is 5.69 Å². The van der Waals surface area contributed by atoms with E-state index in [2.05, 4.69) is 25.9 Å². The number of aryl methyl sites for hydroxylation is 1. The minimum atomic E-state index is -1.01. The van der Waals surface area contributed by atoms with Crippen LogP contribution in [0.1, 0.15) is 26.5 Å². The minimum absolute atomic E-state index is 0.0880. The molecule has 18 heavy (non-hydrogen) atoms. The smallest absolute Gasteiger partial charge is 0.335 e. The fourth-order valence-corrected chi connectivity index (χ4v) is 1.43. The number of aromatic nitrogens is 4. The number of benzene rings is 1. The SMILES string of the molecule is Cc1cc(NC(=O)c2nn[nH]n2)ccc1C(=O)O. The maximum absolute atomic E-state index is 11.6. The van der Waals surface area contributed by atoms with Gasteiger partial charge in [-0.15, -0.1) is 10.2 Å². The lowest BCUT2D eigenvalue weighted by atomic mass is 10.1. The number of aromatic carboxylic acids is 1. The van der Waals surface area contributed by atoms with Gasteiger partial charge in [-0.25, -0.2) is 4.79 Å². The Balaban J connectivity index is 2.18. The number of H-pyrrole nitrogens is 1. The zero-order valence-corrected chi connectivity index (χ0v) is 9.34. The van der Waals surface area contributed by atoms with Gasteiger partial charge in [-0.1, -0.05) is 0 Å². The van der Waals surface area contributed by atoms with Gasteiger partial charge in [0.15, 0.2) is 0 Å². The predicted octanol–water partition coefficient (Wildman–Crippen LogP) is 0.459. The van der Waals surface area contributed by atoms with Crippen LogP contribution in [0, 0.1) is 6.92 Å². The number of amides is 1. The number of aromatic amines is 1. The molecule has 1 aromatic carbocycles. The van der Waals surface area contributed by atoms with Crippen molar-refractivity contribution >= 4 is 17.6 Å². The maximum atomic E-state index is 11.6. The van der Waals surface area contributed by atoms with Crippen LogP contribution in [0.25, 0.3) is 0 Å². The number of carbonyl (C=O) groups is 2. The highest BCUT2D eigenvalue weighted by Gasteiger charge is 2.12. The Morgan fingerprint density at radius 3 is 2.72 bits per heavy atom. The van der Waals surface area contributed by atoms with Crippen LogP contribution in [0.15, 0.2) is 18.2 Å². The third kappa shape index (κ3) is 2.32. The molecule has 0 radical (unpaired) electrons. The molecule has 2 rings (SSSR count). The van der Waals surface area contributed by atoms with Crippen LogP contribution in [-0.2, 0) is 0 Å². The molecule has 0 spiro atoms. The Hall–Kier alpha value is -2.77. The second-order valence-electron chi connectivity index (χ2n) is 3.52. The van der Waals surface area contributed by atoms with Crippen LogP contribution in [0.5, 0.6) is 0 Å². The van der Waals surface area contributed by atoms with E-state index >= 15 is 0 Å². The Bertz CT molecular complexity index is 594. The molecule has 0 saturated carbocycles. The van der Waals surface area contributed by atoms with E-state index < -0.39 is 11.9 Å². The molecule has 0 atom stereocenters. The number of carboxylic acid groups (broad SMARTS) is 1. The van der Waals surface area contributed by atoms with Gasteiger partial charge in [0.05, 0.1) is 5.56 Å². The van der Waals surface area contributed by atoms with Crippen molar-refractivity contribution in [3.63, 3.8) is 0 Å². The van der Waals surface area contributed by atoms with Crippen molar-refractivity contribution in [3.8, 4) is 0 Å². The first-order chi connectivity index (χ1) is 8.58. The molecule has 0 saturated heterocycles. The molecule has 0 aliphatic carbocycles. The Labute approximate surface area is 101 Å². The molecular formula is C10H9N5O3. The number of anilines is 1. The molecule has 0 aliphatic heterocycles. The molecule has 0 unspecified atom stereocenters. The summed E-state index contributed by atoms with van der Waals surface area (Å²) in [5.74, 6) is -1.62. The van der Waals surface area contributed by atoms with Crippen molar-refractivity contribution in [3.05, 3.63) is 35.2 Å². The number of hydrogen-bond acceptors (Lipinski definition) is 5. The van der Waals surface area contributed by atoms with Crippen LogP contribution in [0.2, 0.25) is 0 Å². The molecule has 8 heteroatoms. The van der Waals surface area contributed by atoms with Gasteiger partial charge in [0.1, 0.15) is 0 Å².